The van der Waals surface area contributed by atoms with Crippen LogP contribution in [0.15, 0.2) is 45.9 Å². The fourth-order valence-electron chi connectivity index (χ4n) is 4.43. The summed E-state index contributed by atoms with van der Waals surface area (Å²) in [7, 11) is 1.86. The third-order valence-corrected chi connectivity index (χ3v) is 6.29. The van der Waals surface area contributed by atoms with Crippen molar-refractivity contribution >= 4 is 17.5 Å². The Bertz CT molecular complexity index is 1090. The molecule has 1 aliphatic heterocycles. The molecule has 1 atom stereocenters. The van der Waals surface area contributed by atoms with Crippen molar-refractivity contribution in [1.29, 1.82) is 0 Å². The molecule has 2 aliphatic rings. The monoisotopic (exact) mass is 398 g/mol. The molecule has 1 N–H and O–H groups in total. The molecule has 28 heavy (non-hydrogen) atoms. The quantitative estimate of drug-likeness (QED) is 0.732. The van der Waals surface area contributed by atoms with E-state index in [1.54, 1.807) is 17.1 Å². The van der Waals surface area contributed by atoms with Crippen LogP contribution in [0.25, 0.3) is 0 Å². The van der Waals surface area contributed by atoms with Gasteiger partial charge in [0.15, 0.2) is 0 Å². The van der Waals surface area contributed by atoms with E-state index in [1.165, 1.54) is 0 Å². The molecule has 1 unspecified atom stereocenters. The Morgan fingerprint density at radius 2 is 2.07 bits per heavy atom. The van der Waals surface area contributed by atoms with Gasteiger partial charge in [-0.05, 0) is 24.5 Å². The summed E-state index contributed by atoms with van der Waals surface area (Å²) in [6.07, 6.45) is 5.42. The van der Waals surface area contributed by atoms with Gasteiger partial charge >= 0.3 is 5.76 Å². The summed E-state index contributed by atoms with van der Waals surface area (Å²) in [5.41, 5.74) is 2.69. The Hall–Kier alpha value is -2.80. The number of amides is 1. The van der Waals surface area contributed by atoms with Crippen molar-refractivity contribution in [3.05, 3.63) is 74.8 Å². The number of aromatic amines is 1. The third-order valence-electron chi connectivity index (χ3n) is 5.97. The number of nitrogens with zero attached hydrogens (tertiary/aromatic N) is 3. The van der Waals surface area contributed by atoms with Crippen LogP contribution in [0.2, 0.25) is 5.02 Å². The number of nitrogens with one attached hydrogen (secondary N) is 1. The molecule has 3 aromatic rings. The molecule has 1 aliphatic carbocycles. The molecule has 1 aromatic carbocycles. The summed E-state index contributed by atoms with van der Waals surface area (Å²) < 4.78 is 6.95. The summed E-state index contributed by atoms with van der Waals surface area (Å²) in [6, 6.07) is 7.78. The Labute approximate surface area is 165 Å². The number of halogens is 1. The first kappa shape index (κ1) is 17.3. The van der Waals surface area contributed by atoms with Crippen molar-refractivity contribution in [3.63, 3.8) is 0 Å². The minimum atomic E-state index is -0.438. The summed E-state index contributed by atoms with van der Waals surface area (Å²) in [4.78, 5) is 29.0. The summed E-state index contributed by atoms with van der Waals surface area (Å²) in [5, 5.41) is 4.84. The van der Waals surface area contributed by atoms with Crippen molar-refractivity contribution in [1.82, 2.24) is 19.7 Å². The van der Waals surface area contributed by atoms with Crippen LogP contribution >= 0.6 is 11.6 Å². The van der Waals surface area contributed by atoms with Gasteiger partial charge in [0.2, 0.25) is 0 Å². The van der Waals surface area contributed by atoms with Crippen LogP contribution in [0.1, 0.15) is 52.2 Å². The average Bonchev–Trinajstić information content (AvgIpc) is 3.29. The van der Waals surface area contributed by atoms with E-state index in [2.05, 4.69) is 10.1 Å². The van der Waals surface area contributed by atoms with E-state index in [9.17, 15) is 9.59 Å². The van der Waals surface area contributed by atoms with Gasteiger partial charge in [0.05, 0.1) is 23.0 Å². The molecule has 0 spiro atoms. The number of carbonyl (C=O) groups is 1. The van der Waals surface area contributed by atoms with Crippen LogP contribution in [-0.4, -0.2) is 31.6 Å². The zero-order valence-electron chi connectivity index (χ0n) is 15.3. The maximum Gasteiger partial charge on any atom is 0.416 e. The number of rotatable bonds is 4. The van der Waals surface area contributed by atoms with Gasteiger partial charge < -0.3 is 9.32 Å². The van der Waals surface area contributed by atoms with Gasteiger partial charge in [-0.3, -0.25) is 14.5 Å². The summed E-state index contributed by atoms with van der Waals surface area (Å²) in [6.45, 7) is 0. The molecule has 144 valence electrons. The second kappa shape index (κ2) is 6.38. The molecule has 3 heterocycles. The highest BCUT2D eigenvalue weighted by Gasteiger charge is 2.46. The highest BCUT2D eigenvalue weighted by molar-refractivity contribution is 6.31. The fraction of sp³-hybridized carbons (Fsp3) is 0.350. The van der Waals surface area contributed by atoms with E-state index in [-0.39, 0.29) is 23.9 Å². The Kier molecular flexibility index (Phi) is 3.94. The predicted octanol–water partition coefficient (Wildman–Crippen LogP) is 3.04. The SMILES string of the molecule is Cn1ncc(Cl)c1CC1c2ccccc2C(=O)N1C1CC(c2c[nH]c(=O)o2)C1. The third kappa shape index (κ3) is 2.61. The molecular formula is C20H19ClN4O3. The molecule has 0 radical (unpaired) electrons. The molecule has 1 fully saturated rings. The van der Waals surface area contributed by atoms with E-state index < -0.39 is 5.76 Å². The largest absolute Gasteiger partial charge is 0.416 e. The van der Waals surface area contributed by atoms with Crippen LogP contribution in [0.3, 0.4) is 0 Å². The van der Waals surface area contributed by atoms with E-state index in [0.717, 1.165) is 29.7 Å². The Balaban J connectivity index is 1.44. The minimum Gasteiger partial charge on any atom is -0.413 e. The lowest BCUT2D eigenvalue weighted by Crippen LogP contribution is -2.46. The van der Waals surface area contributed by atoms with Gasteiger partial charge in [0.1, 0.15) is 5.76 Å². The van der Waals surface area contributed by atoms with Crippen LogP contribution < -0.4 is 5.76 Å². The van der Waals surface area contributed by atoms with E-state index in [4.69, 9.17) is 16.0 Å². The zero-order chi connectivity index (χ0) is 19.4. The number of aromatic nitrogens is 3. The summed E-state index contributed by atoms with van der Waals surface area (Å²) in [5.74, 6) is 0.433. The zero-order valence-corrected chi connectivity index (χ0v) is 16.0. The molecule has 0 bridgehead atoms. The van der Waals surface area contributed by atoms with Gasteiger partial charge in [-0.1, -0.05) is 29.8 Å². The van der Waals surface area contributed by atoms with Gasteiger partial charge in [-0.25, -0.2) is 4.79 Å². The fourth-order valence-corrected chi connectivity index (χ4v) is 4.68. The highest BCUT2D eigenvalue weighted by atomic mass is 35.5. The molecular weight excluding hydrogens is 380 g/mol. The van der Waals surface area contributed by atoms with E-state index in [1.807, 2.05) is 36.2 Å². The van der Waals surface area contributed by atoms with Crippen LogP contribution in [0, 0.1) is 0 Å². The van der Waals surface area contributed by atoms with Crippen LogP contribution in [0.4, 0.5) is 0 Å². The highest BCUT2D eigenvalue weighted by Crippen LogP contribution is 2.47. The molecule has 0 saturated heterocycles. The number of hydrogen-bond acceptors (Lipinski definition) is 4. The number of fused-ring (bicyclic) bond motifs is 1. The minimum absolute atomic E-state index is 0.0536. The van der Waals surface area contributed by atoms with Crippen molar-refractivity contribution in [2.75, 3.05) is 0 Å². The Morgan fingerprint density at radius 3 is 2.75 bits per heavy atom. The van der Waals surface area contributed by atoms with Gasteiger partial charge in [-0.2, -0.15) is 5.10 Å². The second-order valence-electron chi connectivity index (χ2n) is 7.49. The second-order valence-corrected chi connectivity index (χ2v) is 7.89. The first-order valence-electron chi connectivity index (χ1n) is 9.29. The molecule has 8 heteroatoms. The van der Waals surface area contributed by atoms with Crippen molar-refractivity contribution in [2.24, 2.45) is 7.05 Å². The molecule has 5 rings (SSSR count). The lowest BCUT2D eigenvalue weighted by molar-refractivity contribution is 0.0432. The topological polar surface area (TPSA) is 84.1 Å². The number of carbonyl (C=O) groups excluding carboxylic acids is 1. The molecule has 2 aromatic heterocycles. The van der Waals surface area contributed by atoms with E-state index in [0.29, 0.717) is 17.2 Å². The summed E-state index contributed by atoms with van der Waals surface area (Å²) >= 11 is 6.34. The van der Waals surface area contributed by atoms with Gasteiger partial charge in [0, 0.05) is 37.2 Å². The van der Waals surface area contributed by atoms with Gasteiger partial charge in [0.25, 0.3) is 5.91 Å². The lowest BCUT2D eigenvalue weighted by Gasteiger charge is -2.43. The van der Waals surface area contributed by atoms with Crippen molar-refractivity contribution in [3.8, 4) is 0 Å². The number of hydrogen-bond donors (Lipinski definition) is 1. The smallest absolute Gasteiger partial charge is 0.413 e. The molecule has 1 saturated carbocycles. The molecule has 1 amide bonds. The van der Waals surface area contributed by atoms with E-state index >= 15 is 0 Å². The maximum atomic E-state index is 13.2. The van der Waals surface area contributed by atoms with Crippen LogP contribution in [-0.2, 0) is 13.5 Å². The number of benzene rings is 1. The maximum absolute atomic E-state index is 13.2. The number of oxazole rings is 1. The van der Waals surface area contributed by atoms with Crippen molar-refractivity contribution < 1.29 is 9.21 Å². The predicted molar refractivity (Wildman–Crippen MR) is 102 cm³/mol. The van der Waals surface area contributed by atoms with Gasteiger partial charge in [-0.15, -0.1) is 0 Å². The normalized spacial score (nSPS) is 23.7. The molecule has 7 nitrogen and oxygen atoms in total. The number of aryl methyl sites for hydroxylation is 1. The first-order valence-corrected chi connectivity index (χ1v) is 9.67. The number of H-pyrrole nitrogens is 1. The average molecular weight is 399 g/mol. The standard InChI is InChI=1S/C20H19ClN4O3/c1-24-17(15(21)9-23-24)8-16-13-4-2-3-5-14(13)19(26)25(16)12-6-11(7-12)18-10-22-20(27)28-18/h2-5,9-12,16H,6-8H2,1H3,(H,22,27). The van der Waals surface area contributed by atoms with Crippen molar-refractivity contribution in [2.45, 2.75) is 37.3 Å². The Morgan fingerprint density at radius 1 is 1.29 bits per heavy atom. The lowest BCUT2D eigenvalue weighted by atomic mass is 9.77. The van der Waals surface area contributed by atoms with Crippen LogP contribution in [0.5, 0.6) is 0 Å². The first-order chi connectivity index (χ1) is 13.5.